The lowest BCUT2D eigenvalue weighted by atomic mass is 10.1. The summed E-state index contributed by atoms with van der Waals surface area (Å²) >= 11 is 0.939. The van der Waals surface area contributed by atoms with Gasteiger partial charge in [0.25, 0.3) is 10.0 Å². The van der Waals surface area contributed by atoms with Gasteiger partial charge in [0.05, 0.1) is 4.88 Å². The van der Waals surface area contributed by atoms with Crippen molar-refractivity contribution in [2.24, 2.45) is 0 Å². The standard InChI is InChI=1S/C22H19N2O5PS2/c25-30(26,27)21(14-17-15-23-20-9-5-4-8-19(17)20)24-32(28,29)22-13-12-18(31-22)11-10-16-6-2-1-3-7-16/h1-9,12-13,15,21,23-24H,14H2,(H2,25,26,27)/t21-/m1/s1. The van der Waals surface area contributed by atoms with Crippen LogP contribution in [0.4, 0.5) is 0 Å². The Labute approximate surface area is 189 Å². The van der Waals surface area contributed by atoms with E-state index in [1.54, 1.807) is 18.3 Å². The molecule has 0 aliphatic carbocycles. The van der Waals surface area contributed by atoms with Crippen LogP contribution in [0.3, 0.4) is 0 Å². The molecule has 4 aromatic rings. The SMILES string of the molecule is O=P(O)(O)[C@H](Cc1c[nH]c2ccccc12)NS(=O)(=O)c1ccc(C#Cc2ccccc2)s1. The number of H-pyrrole nitrogens is 1. The average Bonchev–Trinajstić information content (AvgIpc) is 3.40. The molecule has 0 saturated carbocycles. The molecule has 0 amide bonds. The molecule has 164 valence electrons. The molecule has 0 bridgehead atoms. The fourth-order valence-electron chi connectivity index (χ4n) is 3.16. The predicted octanol–water partition coefficient (Wildman–Crippen LogP) is 3.65. The van der Waals surface area contributed by atoms with Gasteiger partial charge in [-0.05, 0) is 35.9 Å². The Balaban J connectivity index is 1.57. The first-order valence-corrected chi connectivity index (χ1v) is 13.5. The maximum Gasteiger partial charge on any atom is 0.343 e. The first kappa shape index (κ1) is 22.5. The zero-order valence-electron chi connectivity index (χ0n) is 16.6. The summed E-state index contributed by atoms with van der Waals surface area (Å²) in [6.45, 7) is 0. The van der Waals surface area contributed by atoms with Crippen LogP contribution in [0, 0.1) is 11.8 Å². The lowest BCUT2D eigenvalue weighted by molar-refractivity contribution is 0.353. The zero-order chi connectivity index (χ0) is 22.8. The van der Waals surface area contributed by atoms with Crippen molar-refractivity contribution in [1.29, 1.82) is 0 Å². The normalized spacial score (nSPS) is 12.9. The van der Waals surface area contributed by atoms with E-state index in [4.69, 9.17) is 0 Å². The van der Waals surface area contributed by atoms with Crippen LogP contribution in [0.5, 0.6) is 0 Å². The molecule has 0 aliphatic rings. The summed E-state index contributed by atoms with van der Waals surface area (Å²) in [7, 11) is -8.95. The Morgan fingerprint density at radius 2 is 1.72 bits per heavy atom. The number of benzene rings is 2. The fraction of sp³-hybridized carbons (Fsp3) is 0.0909. The molecular weight excluding hydrogens is 467 g/mol. The summed E-state index contributed by atoms with van der Waals surface area (Å²) in [5.41, 5.74) is 2.20. The minimum Gasteiger partial charge on any atom is -0.361 e. The van der Waals surface area contributed by atoms with E-state index in [1.165, 1.54) is 6.07 Å². The molecule has 2 heterocycles. The summed E-state index contributed by atoms with van der Waals surface area (Å²) in [5, 5.41) is 0.778. The van der Waals surface area contributed by atoms with E-state index in [-0.39, 0.29) is 10.6 Å². The van der Waals surface area contributed by atoms with Crippen molar-refractivity contribution in [3.8, 4) is 11.8 Å². The van der Waals surface area contributed by atoms with Crippen molar-refractivity contribution in [2.75, 3.05) is 0 Å². The molecule has 2 aromatic heterocycles. The number of hydrogen-bond acceptors (Lipinski definition) is 4. The molecule has 7 nitrogen and oxygen atoms in total. The predicted molar refractivity (Wildman–Crippen MR) is 125 cm³/mol. The van der Waals surface area contributed by atoms with Crippen molar-refractivity contribution in [3.63, 3.8) is 0 Å². The van der Waals surface area contributed by atoms with Gasteiger partial charge < -0.3 is 14.8 Å². The highest BCUT2D eigenvalue weighted by atomic mass is 32.2. The number of aromatic nitrogens is 1. The van der Waals surface area contributed by atoms with Crippen molar-refractivity contribution in [3.05, 3.63) is 88.9 Å². The number of rotatable bonds is 6. The minimum absolute atomic E-state index is 0.0627. The molecule has 0 saturated heterocycles. The Bertz CT molecular complexity index is 1460. The van der Waals surface area contributed by atoms with E-state index < -0.39 is 23.4 Å². The summed E-state index contributed by atoms with van der Waals surface area (Å²) in [6.07, 6.45) is 1.46. The third kappa shape index (κ3) is 5.19. The molecule has 4 rings (SSSR count). The van der Waals surface area contributed by atoms with Crippen LogP contribution in [0.2, 0.25) is 0 Å². The molecule has 1 atom stereocenters. The third-order valence-corrected chi connectivity index (χ3v) is 9.00. The van der Waals surface area contributed by atoms with Gasteiger partial charge in [0, 0.05) is 29.1 Å². The van der Waals surface area contributed by atoms with Gasteiger partial charge in [0.2, 0.25) is 0 Å². The average molecular weight is 487 g/mol. The van der Waals surface area contributed by atoms with Gasteiger partial charge in [0.15, 0.2) is 0 Å². The Hall–Kier alpha value is -2.70. The second-order valence-electron chi connectivity index (χ2n) is 7.02. The van der Waals surface area contributed by atoms with E-state index in [1.807, 2.05) is 48.5 Å². The quantitative estimate of drug-likeness (QED) is 0.245. The van der Waals surface area contributed by atoms with Gasteiger partial charge >= 0.3 is 7.60 Å². The van der Waals surface area contributed by atoms with Gasteiger partial charge in [-0.3, -0.25) is 4.57 Å². The van der Waals surface area contributed by atoms with Gasteiger partial charge in [-0.1, -0.05) is 48.2 Å². The van der Waals surface area contributed by atoms with Gasteiger partial charge in [-0.15, -0.1) is 11.3 Å². The first-order valence-electron chi connectivity index (χ1n) is 9.52. The van der Waals surface area contributed by atoms with Crippen LogP contribution in [-0.4, -0.2) is 29.0 Å². The summed E-state index contributed by atoms with van der Waals surface area (Å²) in [5.74, 6) is 4.26. The number of para-hydroxylation sites is 1. The minimum atomic E-state index is -4.79. The molecule has 32 heavy (non-hydrogen) atoms. The number of aromatic amines is 1. The molecule has 0 aliphatic heterocycles. The van der Waals surface area contributed by atoms with Crippen LogP contribution in [-0.2, 0) is 21.0 Å². The Kier molecular flexibility index (Phi) is 6.35. The van der Waals surface area contributed by atoms with E-state index in [0.717, 1.165) is 27.8 Å². The van der Waals surface area contributed by atoms with Crippen LogP contribution in [0.25, 0.3) is 10.9 Å². The van der Waals surface area contributed by atoms with Crippen molar-refractivity contribution >= 4 is 39.9 Å². The molecule has 0 unspecified atom stereocenters. The Morgan fingerprint density at radius 1 is 1.00 bits per heavy atom. The fourth-order valence-corrected chi connectivity index (χ4v) is 6.81. The van der Waals surface area contributed by atoms with E-state index in [0.29, 0.717) is 10.4 Å². The van der Waals surface area contributed by atoms with Crippen molar-refractivity contribution < 1.29 is 22.8 Å². The summed E-state index contributed by atoms with van der Waals surface area (Å²) in [6, 6.07) is 19.5. The highest BCUT2D eigenvalue weighted by molar-refractivity contribution is 7.92. The second-order valence-corrected chi connectivity index (χ2v) is 11.9. The smallest absolute Gasteiger partial charge is 0.343 e. The topological polar surface area (TPSA) is 119 Å². The van der Waals surface area contributed by atoms with Gasteiger partial charge in [0.1, 0.15) is 9.99 Å². The number of fused-ring (bicyclic) bond motifs is 1. The highest BCUT2D eigenvalue weighted by Crippen LogP contribution is 2.43. The number of nitrogens with one attached hydrogen (secondary N) is 2. The maximum atomic E-state index is 12.9. The molecule has 0 fully saturated rings. The Morgan fingerprint density at radius 3 is 2.47 bits per heavy atom. The molecule has 0 spiro atoms. The summed E-state index contributed by atoms with van der Waals surface area (Å²) < 4.78 is 40.0. The van der Waals surface area contributed by atoms with Gasteiger partial charge in [-0.25, -0.2) is 8.42 Å². The lowest BCUT2D eigenvalue weighted by Gasteiger charge is -2.19. The van der Waals surface area contributed by atoms with E-state index in [9.17, 15) is 22.8 Å². The molecule has 0 radical (unpaired) electrons. The maximum absolute atomic E-state index is 12.9. The van der Waals surface area contributed by atoms with Crippen LogP contribution in [0.15, 0.2) is 77.1 Å². The number of hydrogen-bond donors (Lipinski definition) is 4. The molecule has 4 N–H and O–H groups in total. The highest BCUT2D eigenvalue weighted by Gasteiger charge is 2.34. The van der Waals surface area contributed by atoms with Gasteiger partial charge in [-0.2, -0.15) is 4.72 Å². The van der Waals surface area contributed by atoms with Crippen molar-refractivity contribution in [2.45, 2.75) is 16.4 Å². The van der Waals surface area contributed by atoms with Crippen LogP contribution < -0.4 is 4.72 Å². The van der Waals surface area contributed by atoms with E-state index in [2.05, 4.69) is 21.5 Å². The zero-order valence-corrected chi connectivity index (χ0v) is 19.1. The van der Waals surface area contributed by atoms with Crippen molar-refractivity contribution in [1.82, 2.24) is 9.71 Å². The largest absolute Gasteiger partial charge is 0.361 e. The lowest BCUT2D eigenvalue weighted by Crippen LogP contribution is -2.36. The second kappa shape index (κ2) is 9.04. The third-order valence-electron chi connectivity index (χ3n) is 4.74. The molecular formula is C22H19N2O5PS2. The van der Waals surface area contributed by atoms with Crippen LogP contribution >= 0.6 is 18.9 Å². The summed E-state index contributed by atoms with van der Waals surface area (Å²) in [4.78, 5) is 23.2. The first-order chi connectivity index (χ1) is 15.2. The molecule has 2 aromatic carbocycles. The number of thiophene rings is 1. The number of sulfonamides is 1. The van der Waals surface area contributed by atoms with Crippen LogP contribution in [0.1, 0.15) is 16.0 Å². The van der Waals surface area contributed by atoms with E-state index >= 15 is 0 Å². The molecule has 10 heteroatoms. The monoisotopic (exact) mass is 486 g/mol.